The summed E-state index contributed by atoms with van der Waals surface area (Å²) in [4.78, 5) is -0.696. The number of sulfonamides is 1. The number of nitrogens with zero attached hydrogens (tertiary/aromatic N) is 1. The smallest absolute Gasteiger partial charge is 0.313 e. The minimum atomic E-state index is -4.70. The van der Waals surface area contributed by atoms with Gasteiger partial charge < -0.3 is 5.32 Å². The molecule has 1 atom stereocenters. The fraction of sp³-hybridized carbons (Fsp3) is 0.538. The molecule has 1 heterocycles. The average molecular weight is 322 g/mol. The molecule has 21 heavy (non-hydrogen) atoms. The maximum Gasteiger partial charge on any atom is 0.417 e. The quantitative estimate of drug-likeness (QED) is 0.923. The third-order valence-corrected chi connectivity index (χ3v) is 5.40. The SMILES string of the molecule is CN(CC1CCCN1)S(=O)(=O)c1ccccc1C(F)(F)F. The van der Waals surface area contributed by atoms with E-state index in [0.29, 0.717) is 0 Å². The van der Waals surface area contributed by atoms with Crippen LogP contribution in [0, 0.1) is 0 Å². The minimum absolute atomic E-state index is 0.0113. The fourth-order valence-corrected chi connectivity index (χ4v) is 3.84. The molecule has 118 valence electrons. The molecule has 0 amide bonds. The molecule has 1 aliphatic heterocycles. The molecule has 1 aliphatic rings. The molecular weight excluding hydrogens is 305 g/mol. The first kappa shape index (κ1) is 16.3. The Hall–Kier alpha value is -1.12. The molecule has 1 aromatic rings. The molecule has 1 aromatic carbocycles. The fourth-order valence-electron chi connectivity index (χ4n) is 2.41. The van der Waals surface area contributed by atoms with Gasteiger partial charge in [0.1, 0.15) is 0 Å². The Bertz CT molecular complexity index is 596. The molecule has 0 radical (unpaired) electrons. The molecular formula is C13H17F3N2O2S. The summed E-state index contributed by atoms with van der Waals surface area (Å²) in [6.45, 7) is 0.965. The van der Waals surface area contributed by atoms with Crippen LogP contribution in [-0.2, 0) is 16.2 Å². The van der Waals surface area contributed by atoms with Crippen molar-refractivity contribution in [3.8, 4) is 0 Å². The largest absolute Gasteiger partial charge is 0.417 e. The molecule has 4 nitrogen and oxygen atoms in total. The van der Waals surface area contributed by atoms with Gasteiger partial charge in [0.05, 0.1) is 10.5 Å². The lowest BCUT2D eigenvalue weighted by Crippen LogP contribution is -2.39. The van der Waals surface area contributed by atoms with E-state index < -0.39 is 26.7 Å². The summed E-state index contributed by atoms with van der Waals surface area (Å²) in [5.41, 5.74) is -1.13. The predicted octanol–water partition coefficient (Wildman–Crippen LogP) is 2.08. The lowest BCUT2D eigenvalue weighted by Gasteiger charge is -2.22. The maximum atomic E-state index is 13.0. The van der Waals surface area contributed by atoms with Crippen LogP contribution in [-0.4, -0.2) is 38.9 Å². The van der Waals surface area contributed by atoms with Gasteiger partial charge in [0.15, 0.2) is 0 Å². The van der Waals surface area contributed by atoms with E-state index in [-0.39, 0.29) is 12.6 Å². The number of likely N-dealkylation sites (N-methyl/N-ethyl adjacent to an activating group) is 1. The highest BCUT2D eigenvalue weighted by Crippen LogP contribution is 2.34. The van der Waals surface area contributed by atoms with Gasteiger partial charge in [-0.2, -0.15) is 17.5 Å². The summed E-state index contributed by atoms with van der Waals surface area (Å²) in [5, 5.41) is 3.13. The second-order valence-electron chi connectivity index (χ2n) is 5.07. The summed E-state index contributed by atoms with van der Waals surface area (Å²) in [5.74, 6) is 0. The molecule has 0 aliphatic carbocycles. The first-order valence-corrected chi connectivity index (χ1v) is 8.03. The standard InChI is InChI=1S/C13H17F3N2O2S/c1-18(9-10-5-4-8-17-10)21(19,20)12-7-3-2-6-11(12)13(14,15)16/h2-3,6-7,10,17H,4-5,8-9H2,1H3. The number of hydrogen-bond acceptors (Lipinski definition) is 3. The molecule has 0 bridgehead atoms. The summed E-state index contributed by atoms with van der Waals surface area (Å²) in [7, 11) is -2.86. The molecule has 0 spiro atoms. The van der Waals surface area contributed by atoms with Gasteiger partial charge >= 0.3 is 6.18 Å². The van der Waals surface area contributed by atoms with Crippen molar-refractivity contribution in [3.63, 3.8) is 0 Å². The molecule has 0 saturated carbocycles. The van der Waals surface area contributed by atoms with Crippen molar-refractivity contribution in [3.05, 3.63) is 29.8 Å². The highest BCUT2D eigenvalue weighted by Gasteiger charge is 2.38. The van der Waals surface area contributed by atoms with Crippen molar-refractivity contribution < 1.29 is 21.6 Å². The molecule has 1 saturated heterocycles. The molecule has 2 rings (SSSR count). The Labute approximate surface area is 122 Å². The Morgan fingerprint density at radius 1 is 1.33 bits per heavy atom. The first-order chi connectivity index (χ1) is 9.73. The summed E-state index contributed by atoms with van der Waals surface area (Å²) < 4.78 is 64.6. The lowest BCUT2D eigenvalue weighted by molar-refractivity contribution is -0.139. The lowest BCUT2D eigenvalue weighted by atomic mass is 10.2. The number of hydrogen-bond donors (Lipinski definition) is 1. The van der Waals surface area contributed by atoms with E-state index in [2.05, 4.69) is 5.32 Å². The highest BCUT2D eigenvalue weighted by molar-refractivity contribution is 7.89. The molecule has 1 unspecified atom stereocenters. The zero-order chi connectivity index (χ0) is 15.7. The predicted molar refractivity (Wildman–Crippen MR) is 72.3 cm³/mol. The van der Waals surface area contributed by atoms with Crippen LogP contribution in [0.2, 0.25) is 0 Å². The molecule has 1 fully saturated rings. The van der Waals surface area contributed by atoms with Crippen molar-refractivity contribution in [2.45, 2.75) is 30.0 Å². The van der Waals surface area contributed by atoms with Crippen LogP contribution in [0.15, 0.2) is 29.2 Å². The van der Waals surface area contributed by atoms with E-state index in [0.717, 1.165) is 35.8 Å². The van der Waals surface area contributed by atoms with Gasteiger partial charge in [-0.15, -0.1) is 0 Å². The van der Waals surface area contributed by atoms with Gasteiger partial charge in [-0.05, 0) is 31.5 Å². The van der Waals surface area contributed by atoms with Crippen molar-refractivity contribution >= 4 is 10.0 Å². The van der Waals surface area contributed by atoms with Crippen molar-refractivity contribution in [1.29, 1.82) is 0 Å². The minimum Gasteiger partial charge on any atom is -0.313 e. The van der Waals surface area contributed by atoms with Crippen molar-refractivity contribution in [1.82, 2.24) is 9.62 Å². The van der Waals surface area contributed by atoms with Gasteiger partial charge in [0, 0.05) is 19.6 Å². The number of alkyl halides is 3. The monoisotopic (exact) mass is 322 g/mol. The van der Waals surface area contributed by atoms with E-state index in [9.17, 15) is 21.6 Å². The summed E-state index contributed by atoms with van der Waals surface area (Å²) >= 11 is 0. The van der Waals surface area contributed by atoms with Crippen LogP contribution in [0.1, 0.15) is 18.4 Å². The zero-order valence-corrected chi connectivity index (χ0v) is 12.3. The van der Waals surface area contributed by atoms with Crippen molar-refractivity contribution in [2.24, 2.45) is 0 Å². The third kappa shape index (κ3) is 3.56. The van der Waals surface area contributed by atoms with Crippen LogP contribution < -0.4 is 5.32 Å². The van der Waals surface area contributed by atoms with Gasteiger partial charge in [-0.1, -0.05) is 12.1 Å². The second-order valence-corrected chi connectivity index (χ2v) is 7.09. The van der Waals surface area contributed by atoms with Crippen LogP contribution in [0.4, 0.5) is 13.2 Å². The Kier molecular flexibility index (Phi) is 4.60. The number of benzene rings is 1. The zero-order valence-electron chi connectivity index (χ0n) is 11.5. The Morgan fingerprint density at radius 3 is 2.57 bits per heavy atom. The van der Waals surface area contributed by atoms with Crippen LogP contribution in [0.3, 0.4) is 0 Å². The number of rotatable bonds is 4. The van der Waals surface area contributed by atoms with Gasteiger partial charge in [0.25, 0.3) is 0 Å². The molecule has 1 N–H and O–H groups in total. The number of halogens is 3. The first-order valence-electron chi connectivity index (χ1n) is 6.59. The highest BCUT2D eigenvalue weighted by atomic mass is 32.2. The van der Waals surface area contributed by atoms with Gasteiger partial charge in [0.2, 0.25) is 10.0 Å². The Balaban J connectivity index is 2.31. The number of nitrogens with one attached hydrogen (secondary N) is 1. The van der Waals surface area contributed by atoms with E-state index >= 15 is 0 Å². The summed E-state index contributed by atoms with van der Waals surface area (Å²) in [6.07, 6.45) is -2.94. The van der Waals surface area contributed by atoms with E-state index in [4.69, 9.17) is 0 Å². The third-order valence-electron chi connectivity index (χ3n) is 3.52. The van der Waals surface area contributed by atoms with Gasteiger partial charge in [-0.25, -0.2) is 8.42 Å². The van der Waals surface area contributed by atoms with Crippen molar-refractivity contribution in [2.75, 3.05) is 20.1 Å². The van der Waals surface area contributed by atoms with E-state index in [1.165, 1.54) is 19.2 Å². The summed E-state index contributed by atoms with van der Waals surface area (Å²) in [6, 6.07) is 4.25. The maximum absolute atomic E-state index is 13.0. The molecule has 8 heteroatoms. The van der Waals surface area contributed by atoms with E-state index in [1.807, 2.05) is 0 Å². The van der Waals surface area contributed by atoms with E-state index in [1.54, 1.807) is 0 Å². The van der Waals surface area contributed by atoms with Crippen LogP contribution in [0.25, 0.3) is 0 Å². The van der Waals surface area contributed by atoms with Gasteiger partial charge in [-0.3, -0.25) is 0 Å². The Morgan fingerprint density at radius 2 is 2.00 bits per heavy atom. The molecule has 0 aromatic heterocycles. The topological polar surface area (TPSA) is 49.4 Å². The average Bonchev–Trinajstić information content (AvgIpc) is 2.90. The van der Waals surface area contributed by atoms with Crippen LogP contribution in [0.5, 0.6) is 0 Å². The second kappa shape index (κ2) is 5.94. The van der Waals surface area contributed by atoms with Crippen LogP contribution >= 0.6 is 0 Å². The normalized spacial score (nSPS) is 20.1.